The fourth-order valence-electron chi connectivity index (χ4n) is 2.81. The van der Waals surface area contributed by atoms with Crippen molar-refractivity contribution in [1.29, 1.82) is 0 Å². The lowest BCUT2D eigenvalue weighted by atomic mass is 10.0. The zero-order chi connectivity index (χ0) is 15.1. The van der Waals surface area contributed by atoms with E-state index in [1.807, 2.05) is 0 Å². The van der Waals surface area contributed by atoms with E-state index in [1.54, 1.807) is 25.1 Å². The van der Waals surface area contributed by atoms with Gasteiger partial charge >= 0.3 is 5.97 Å². The molecule has 1 aliphatic carbocycles. The molecule has 1 saturated carbocycles. The minimum atomic E-state index is -0.335. The molecule has 4 heteroatoms. The molecule has 0 unspecified atom stereocenters. The fraction of sp³-hybridized carbons (Fsp3) is 0.562. The number of carbonyl (C=O) groups is 1. The van der Waals surface area contributed by atoms with Crippen LogP contribution in [0.3, 0.4) is 0 Å². The van der Waals surface area contributed by atoms with Crippen LogP contribution in [0.4, 0.5) is 11.4 Å². The summed E-state index contributed by atoms with van der Waals surface area (Å²) in [6.45, 7) is 11.0. The minimum Gasteiger partial charge on any atom is -0.462 e. The Labute approximate surface area is 120 Å². The first kappa shape index (κ1) is 14.7. The maximum absolute atomic E-state index is 12.0. The number of benzene rings is 1. The Kier molecular flexibility index (Phi) is 3.44. The smallest absolute Gasteiger partial charge is 0.340 e. The van der Waals surface area contributed by atoms with E-state index in [0.717, 1.165) is 0 Å². The van der Waals surface area contributed by atoms with Gasteiger partial charge in [-0.3, -0.25) is 0 Å². The lowest BCUT2D eigenvalue weighted by Crippen LogP contribution is -2.16. The van der Waals surface area contributed by atoms with Gasteiger partial charge in [0, 0.05) is 6.04 Å². The van der Waals surface area contributed by atoms with Crippen molar-refractivity contribution in [2.75, 3.05) is 17.7 Å². The largest absolute Gasteiger partial charge is 0.462 e. The number of esters is 1. The van der Waals surface area contributed by atoms with Gasteiger partial charge in [-0.1, -0.05) is 33.8 Å². The summed E-state index contributed by atoms with van der Waals surface area (Å²) < 4.78 is 5.10. The Bertz CT molecular complexity index is 521. The number of hydrogen-bond acceptors (Lipinski definition) is 4. The molecule has 0 atom stereocenters. The number of nitrogen functional groups attached to an aromatic ring is 1. The molecule has 1 fully saturated rings. The van der Waals surface area contributed by atoms with Crippen molar-refractivity contribution in [3.63, 3.8) is 0 Å². The summed E-state index contributed by atoms with van der Waals surface area (Å²) in [6, 6.07) is 5.61. The molecule has 4 nitrogen and oxygen atoms in total. The molecule has 0 amide bonds. The predicted molar refractivity (Wildman–Crippen MR) is 81.8 cm³/mol. The molecular weight excluding hydrogens is 252 g/mol. The van der Waals surface area contributed by atoms with Crippen molar-refractivity contribution in [3.05, 3.63) is 23.8 Å². The molecule has 0 aromatic heterocycles. The maximum Gasteiger partial charge on any atom is 0.340 e. The van der Waals surface area contributed by atoms with Crippen molar-refractivity contribution < 1.29 is 9.53 Å². The molecule has 110 valence electrons. The van der Waals surface area contributed by atoms with E-state index in [9.17, 15) is 4.79 Å². The summed E-state index contributed by atoms with van der Waals surface area (Å²) in [5.74, 6) is -0.335. The Morgan fingerprint density at radius 3 is 2.40 bits per heavy atom. The molecule has 0 radical (unpaired) electrons. The number of hydrogen-bond donors (Lipinski definition) is 2. The Hall–Kier alpha value is -1.71. The summed E-state index contributed by atoms with van der Waals surface area (Å²) in [6.07, 6.45) is 0. The Morgan fingerprint density at radius 2 is 1.90 bits per heavy atom. The van der Waals surface area contributed by atoms with E-state index < -0.39 is 0 Å². The molecule has 3 N–H and O–H groups in total. The zero-order valence-corrected chi connectivity index (χ0v) is 12.9. The molecule has 0 bridgehead atoms. The van der Waals surface area contributed by atoms with E-state index in [4.69, 9.17) is 10.5 Å². The van der Waals surface area contributed by atoms with E-state index in [2.05, 4.69) is 33.0 Å². The van der Waals surface area contributed by atoms with Gasteiger partial charge in [-0.25, -0.2) is 4.79 Å². The van der Waals surface area contributed by atoms with E-state index >= 15 is 0 Å². The third kappa shape index (κ3) is 2.13. The average molecular weight is 276 g/mol. The van der Waals surface area contributed by atoms with Crippen LogP contribution in [0.5, 0.6) is 0 Å². The number of nitrogens with one attached hydrogen (secondary N) is 1. The minimum absolute atomic E-state index is 0.168. The van der Waals surface area contributed by atoms with Gasteiger partial charge in [0.2, 0.25) is 0 Å². The number of para-hydroxylation sites is 1. The summed E-state index contributed by atoms with van der Waals surface area (Å²) in [5, 5.41) is 3.45. The van der Waals surface area contributed by atoms with Crippen LogP contribution >= 0.6 is 0 Å². The number of rotatable bonds is 4. The van der Waals surface area contributed by atoms with E-state index in [0.29, 0.717) is 23.5 Å². The highest BCUT2D eigenvalue weighted by atomic mass is 16.5. The first-order valence-corrected chi connectivity index (χ1v) is 7.05. The summed E-state index contributed by atoms with van der Waals surface area (Å²) in [7, 11) is 0. The molecule has 2 rings (SSSR count). The van der Waals surface area contributed by atoms with Gasteiger partial charge in [0.25, 0.3) is 0 Å². The predicted octanol–water partition coefficient (Wildman–Crippen LogP) is 3.29. The van der Waals surface area contributed by atoms with E-state index in [1.165, 1.54) is 0 Å². The normalized spacial score (nSPS) is 19.4. The second-order valence-electron chi connectivity index (χ2n) is 6.51. The van der Waals surface area contributed by atoms with Gasteiger partial charge in [-0.2, -0.15) is 0 Å². The monoisotopic (exact) mass is 276 g/mol. The second kappa shape index (κ2) is 4.69. The lowest BCUT2D eigenvalue weighted by Gasteiger charge is -2.15. The van der Waals surface area contributed by atoms with Crippen LogP contribution in [0, 0.1) is 10.8 Å². The molecule has 0 aliphatic heterocycles. The van der Waals surface area contributed by atoms with Gasteiger partial charge in [0.15, 0.2) is 0 Å². The van der Waals surface area contributed by atoms with Gasteiger partial charge in [0.05, 0.1) is 23.5 Å². The average Bonchev–Trinajstić information content (AvgIpc) is 2.74. The molecule has 1 aromatic carbocycles. The Morgan fingerprint density at radius 1 is 1.30 bits per heavy atom. The van der Waals surface area contributed by atoms with Gasteiger partial charge in [-0.05, 0) is 29.9 Å². The highest BCUT2D eigenvalue weighted by Gasteiger charge is 2.65. The second-order valence-corrected chi connectivity index (χ2v) is 6.51. The van der Waals surface area contributed by atoms with Crippen molar-refractivity contribution in [2.45, 2.75) is 40.7 Å². The van der Waals surface area contributed by atoms with Gasteiger partial charge < -0.3 is 15.8 Å². The highest BCUT2D eigenvalue weighted by molar-refractivity contribution is 5.99. The first-order valence-electron chi connectivity index (χ1n) is 7.05. The molecule has 1 aliphatic rings. The topological polar surface area (TPSA) is 64.3 Å². The standard InChI is InChI=1S/C16H24N2O2/c1-6-20-13(19)10-8-7-9-11(17)12(10)18-14-15(2,3)16(14,4)5/h7-9,14,18H,6,17H2,1-5H3. The third-order valence-corrected chi connectivity index (χ3v) is 4.90. The molecule has 0 saturated heterocycles. The van der Waals surface area contributed by atoms with Crippen LogP contribution < -0.4 is 11.1 Å². The number of carbonyl (C=O) groups excluding carboxylic acids is 1. The van der Waals surface area contributed by atoms with Crippen molar-refractivity contribution >= 4 is 17.3 Å². The van der Waals surface area contributed by atoms with Crippen LogP contribution in [0.2, 0.25) is 0 Å². The van der Waals surface area contributed by atoms with Crippen LogP contribution in [-0.4, -0.2) is 18.6 Å². The summed E-state index contributed by atoms with van der Waals surface area (Å²) >= 11 is 0. The molecule has 20 heavy (non-hydrogen) atoms. The van der Waals surface area contributed by atoms with Crippen LogP contribution in [-0.2, 0) is 4.74 Å². The van der Waals surface area contributed by atoms with Crippen LogP contribution in [0.25, 0.3) is 0 Å². The Balaban J connectivity index is 2.31. The van der Waals surface area contributed by atoms with Crippen molar-refractivity contribution in [1.82, 2.24) is 0 Å². The highest BCUT2D eigenvalue weighted by Crippen LogP contribution is 2.64. The quantitative estimate of drug-likeness (QED) is 0.654. The first-order chi connectivity index (χ1) is 9.23. The van der Waals surface area contributed by atoms with Gasteiger partial charge in [0.1, 0.15) is 0 Å². The summed E-state index contributed by atoms with van der Waals surface area (Å²) in [4.78, 5) is 12.0. The zero-order valence-electron chi connectivity index (χ0n) is 12.9. The maximum atomic E-state index is 12.0. The molecule has 0 heterocycles. The number of ether oxygens (including phenoxy) is 1. The molecular formula is C16H24N2O2. The van der Waals surface area contributed by atoms with Crippen LogP contribution in [0.15, 0.2) is 18.2 Å². The number of anilines is 2. The molecule has 0 spiro atoms. The SMILES string of the molecule is CCOC(=O)c1cccc(N)c1NC1C(C)(C)C1(C)C. The van der Waals surface area contributed by atoms with Crippen molar-refractivity contribution in [3.8, 4) is 0 Å². The van der Waals surface area contributed by atoms with Crippen molar-refractivity contribution in [2.24, 2.45) is 10.8 Å². The molecule has 1 aromatic rings. The fourth-order valence-corrected chi connectivity index (χ4v) is 2.81. The van der Waals surface area contributed by atoms with Gasteiger partial charge in [-0.15, -0.1) is 0 Å². The van der Waals surface area contributed by atoms with Crippen LogP contribution in [0.1, 0.15) is 45.0 Å². The summed E-state index contributed by atoms with van der Waals surface area (Å²) in [5.41, 5.74) is 8.15. The lowest BCUT2D eigenvalue weighted by molar-refractivity contribution is 0.0527. The van der Waals surface area contributed by atoms with E-state index in [-0.39, 0.29) is 22.8 Å². The number of nitrogens with two attached hydrogens (primary N) is 1. The third-order valence-electron chi connectivity index (χ3n) is 4.90.